The van der Waals surface area contributed by atoms with Crippen LogP contribution >= 0.6 is 11.3 Å². The number of hydrogen-bond donors (Lipinski definition) is 0. The largest absolute Gasteiger partial charge is 0.310 e. The number of para-hydroxylation sites is 1. The molecule has 0 atom stereocenters. The fourth-order valence-corrected chi connectivity index (χ4v) is 4.86. The SMILES string of the molecule is C=CCn1c(=NC(=O)c2cccc(S(=O)(=O)C(C)C)c2)sc2cccc(F)c21. The van der Waals surface area contributed by atoms with E-state index in [2.05, 4.69) is 11.6 Å². The van der Waals surface area contributed by atoms with Gasteiger partial charge in [0.2, 0.25) is 0 Å². The third kappa shape index (κ3) is 3.70. The van der Waals surface area contributed by atoms with Crippen LogP contribution in [-0.4, -0.2) is 24.1 Å². The molecule has 0 saturated carbocycles. The molecule has 0 fully saturated rings. The van der Waals surface area contributed by atoms with Crippen LogP contribution in [0.5, 0.6) is 0 Å². The van der Waals surface area contributed by atoms with Gasteiger partial charge in [0.05, 0.1) is 20.4 Å². The summed E-state index contributed by atoms with van der Waals surface area (Å²) in [7, 11) is -3.51. The molecule has 3 aromatic rings. The predicted molar refractivity (Wildman–Crippen MR) is 109 cm³/mol. The Labute approximate surface area is 166 Å². The topological polar surface area (TPSA) is 68.5 Å². The van der Waals surface area contributed by atoms with Gasteiger partial charge < -0.3 is 4.57 Å². The molecule has 0 saturated heterocycles. The monoisotopic (exact) mass is 418 g/mol. The van der Waals surface area contributed by atoms with Crippen LogP contribution in [0.3, 0.4) is 0 Å². The van der Waals surface area contributed by atoms with E-state index >= 15 is 0 Å². The summed E-state index contributed by atoms with van der Waals surface area (Å²) in [5, 5.41) is -0.602. The molecule has 0 bridgehead atoms. The molecule has 0 unspecified atom stereocenters. The molecule has 0 aliphatic carbocycles. The Morgan fingerprint density at radius 2 is 2.00 bits per heavy atom. The number of nitrogens with zero attached hydrogens (tertiary/aromatic N) is 2. The van der Waals surface area contributed by atoms with Crippen LogP contribution in [0.25, 0.3) is 10.2 Å². The fraction of sp³-hybridized carbons (Fsp3) is 0.200. The highest BCUT2D eigenvalue weighted by molar-refractivity contribution is 7.92. The Hall–Kier alpha value is -2.58. The van der Waals surface area contributed by atoms with E-state index in [0.717, 1.165) is 0 Å². The summed E-state index contributed by atoms with van der Waals surface area (Å²) in [5.41, 5.74) is 0.514. The summed E-state index contributed by atoms with van der Waals surface area (Å²) < 4.78 is 41.2. The molecular formula is C20H19FN2O3S2. The quantitative estimate of drug-likeness (QED) is 0.589. The first-order chi connectivity index (χ1) is 13.3. The number of amides is 1. The number of sulfone groups is 1. The van der Waals surface area contributed by atoms with Crippen molar-refractivity contribution in [3.05, 3.63) is 71.3 Å². The average Bonchev–Trinajstić information content (AvgIpc) is 3.00. The second-order valence-electron chi connectivity index (χ2n) is 6.41. The van der Waals surface area contributed by atoms with Crippen molar-refractivity contribution in [1.82, 2.24) is 4.57 Å². The van der Waals surface area contributed by atoms with E-state index in [9.17, 15) is 17.6 Å². The molecule has 146 valence electrons. The van der Waals surface area contributed by atoms with E-state index in [0.29, 0.717) is 15.0 Å². The van der Waals surface area contributed by atoms with E-state index in [4.69, 9.17) is 0 Å². The van der Waals surface area contributed by atoms with Crippen molar-refractivity contribution in [1.29, 1.82) is 0 Å². The van der Waals surface area contributed by atoms with Gasteiger partial charge >= 0.3 is 0 Å². The van der Waals surface area contributed by atoms with Gasteiger partial charge in [-0.15, -0.1) is 6.58 Å². The highest BCUT2D eigenvalue weighted by atomic mass is 32.2. The van der Waals surface area contributed by atoms with Crippen LogP contribution in [0.15, 0.2) is 65.0 Å². The Kier molecular flexibility index (Phi) is 5.62. The molecule has 1 amide bonds. The first-order valence-corrected chi connectivity index (χ1v) is 10.9. The third-order valence-corrected chi connectivity index (χ3v) is 7.39. The van der Waals surface area contributed by atoms with Crippen LogP contribution in [-0.2, 0) is 16.4 Å². The zero-order chi connectivity index (χ0) is 20.5. The second-order valence-corrected chi connectivity index (χ2v) is 9.92. The van der Waals surface area contributed by atoms with Gasteiger partial charge in [0.15, 0.2) is 14.6 Å². The summed E-state index contributed by atoms with van der Waals surface area (Å²) in [6, 6.07) is 10.5. The van der Waals surface area contributed by atoms with Gasteiger partial charge in [-0.3, -0.25) is 4.79 Å². The fourth-order valence-electron chi connectivity index (χ4n) is 2.70. The molecule has 0 N–H and O–H groups in total. The molecular weight excluding hydrogens is 399 g/mol. The minimum atomic E-state index is -3.51. The van der Waals surface area contributed by atoms with Gasteiger partial charge in [-0.25, -0.2) is 12.8 Å². The van der Waals surface area contributed by atoms with Crippen LogP contribution < -0.4 is 4.80 Å². The molecule has 0 radical (unpaired) electrons. The van der Waals surface area contributed by atoms with Crippen molar-refractivity contribution in [3.8, 4) is 0 Å². The minimum Gasteiger partial charge on any atom is -0.310 e. The lowest BCUT2D eigenvalue weighted by molar-refractivity contribution is 0.0997. The lowest BCUT2D eigenvalue weighted by Crippen LogP contribution is -2.17. The maximum Gasteiger partial charge on any atom is 0.279 e. The van der Waals surface area contributed by atoms with Gasteiger partial charge in [-0.2, -0.15) is 4.99 Å². The minimum absolute atomic E-state index is 0.0740. The van der Waals surface area contributed by atoms with Crippen molar-refractivity contribution < 1.29 is 17.6 Å². The average molecular weight is 419 g/mol. The van der Waals surface area contributed by atoms with Crippen molar-refractivity contribution in [2.75, 3.05) is 0 Å². The van der Waals surface area contributed by atoms with E-state index in [1.54, 1.807) is 36.6 Å². The van der Waals surface area contributed by atoms with Crippen molar-refractivity contribution in [2.24, 2.45) is 4.99 Å². The lowest BCUT2D eigenvalue weighted by atomic mass is 10.2. The van der Waals surface area contributed by atoms with Crippen LogP contribution in [0.2, 0.25) is 0 Å². The van der Waals surface area contributed by atoms with Crippen molar-refractivity contribution >= 4 is 37.3 Å². The summed E-state index contributed by atoms with van der Waals surface area (Å²) >= 11 is 1.19. The first kappa shape index (κ1) is 20.2. The number of hydrogen-bond acceptors (Lipinski definition) is 4. The third-order valence-electron chi connectivity index (χ3n) is 4.19. The molecule has 0 spiro atoms. The summed E-state index contributed by atoms with van der Waals surface area (Å²) in [4.78, 5) is 17.2. The number of benzene rings is 2. The lowest BCUT2D eigenvalue weighted by Gasteiger charge is -2.08. The Balaban J connectivity index is 2.13. The standard InChI is InChI=1S/C20H19FN2O3S2/c1-4-11-23-18-16(21)9-6-10-17(18)27-20(23)22-19(24)14-7-5-8-15(12-14)28(25,26)13(2)3/h4-10,12-13H,1,11H2,2-3H3. The highest BCUT2D eigenvalue weighted by Gasteiger charge is 2.20. The zero-order valence-corrected chi connectivity index (χ0v) is 17.1. The highest BCUT2D eigenvalue weighted by Crippen LogP contribution is 2.21. The van der Waals surface area contributed by atoms with E-state index in [-0.39, 0.29) is 17.0 Å². The molecule has 3 rings (SSSR count). The summed E-state index contributed by atoms with van der Waals surface area (Å²) in [5.74, 6) is -1.000. The van der Waals surface area contributed by atoms with Crippen LogP contribution in [0, 0.1) is 5.82 Å². The normalized spacial score (nSPS) is 12.6. The summed E-state index contributed by atoms with van der Waals surface area (Å²) in [6.45, 7) is 7.12. The zero-order valence-electron chi connectivity index (χ0n) is 15.4. The molecule has 8 heteroatoms. The Morgan fingerprint density at radius 3 is 2.68 bits per heavy atom. The van der Waals surface area contributed by atoms with E-state index in [1.165, 1.54) is 41.7 Å². The van der Waals surface area contributed by atoms with Gasteiger partial charge in [-0.05, 0) is 44.2 Å². The predicted octanol–water partition coefficient (Wildman–Crippen LogP) is 3.95. The molecule has 0 aliphatic rings. The number of rotatable bonds is 5. The van der Waals surface area contributed by atoms with E-state index in [1.807, 2.05) is 0 Å². The van der Waals surface area contributed by atoms with Crippen molar-refractivity contribution in [3.63, 3.8) is 0 Å². The molecule has 1 aromatic heterocycles. The van der Waals surface area contributed by atoms with Crippen molar-refractivity contribution in [2.45, 2.75) is 30.5 Å². The van der Waals surface area contributed by atoms with Gasteiger partial charge in [0, 0.05) is 12.1 Å². The summed E-state index contributed by atoms with van der Waals surface area (Å²) in [6.07, 6.45) is 1.60. The number of allylic oxidation sites excluding steroid dienone is 1. The Morgan fingerprint density at radius 1 is 1.29 bits per heavy atom. The maximum atomic E-state index is 14.3. The van der Waals surface area contributed by atoms with Crippen LogP contribution in [0.4, 0.5) is 4.39 Å². The molecule has 1 heterocycles. The maximum absolute atomic E-state index is 14.3. The molecule has 0 aliphatic heterocycles. The van der Waals surface area contributed by atoms with Gasteiger partial charge in [0.1, 0.15) is 5.82 Å². The molecule has 2 aromatic carbocycles. The first-order valence-electron chi connectivity index (χ1n) is 8.57. The van der Waals surface area contributed by atoms with E-state index < -0.39 is 26.8 Å². The number of fused-ring (bicyclic) bond motifs is 1. The number of halogens is 1. The molecule has 28 heavy (non-hydrogen) atoms. The number of carbonyl (C=O) groups is 1. The number of aromatic nitrogens is 1. The second kappa shape index (κ2) is 7.81. The molecule has 5 nitrogen and oxygen atoms in total. The van der Waals surface area contributed by atoms with Gasteiger partial charge in [-0.1, -0.05) is 29.5 Å². The van der Waals surface area contributed by atoms with Crippen LogP contribution in [0.1, 0.15) is 24.2 Å². The number of carbonyl (C=O) groups excluding carboxylic acids is 1. The number of thiazole rings is 1. The Bertz CT molecular complexity index is 1240. The smallest absolute Gasteiger partial charge is 0.279 e. The van der Waals surface area contributed by atoms with Gasteiger partial charge in [0.25, 0.3) is 5.91 Å².